The molecule has 2 unspecified atom stereocenters. The number of carbonyl (C=O) groups is 1. The Morgan fingerprint density at radius 3 is 2.55 bits per heavy atom. The second-order valence-electron chi connectivity index (χ2n) is 5.76. The summed E-state index contributed by atoms with van der Waals surface area (Å²) in [4.78, 5) is 14.3. The molecule has 0 bridgehead atoms. The third kappa shape index (κ3) is 4.08. The van der Waals surface area contributed by atoms with Crippen LogP contribution in [0.15, 0.2) is 30.3 Å². The molecule has 1 heterocycles. The van der Waals surface area contributed by atoms with E-state index in [1.54, 1.807) is 4.90 Å². The van der Waals surface area contributed by atoms with Crippen LogP contribution >= 0.6 is 0 Å². The number of benzene rings is 1. The van der Waals surface area contributed by atoms with Crippen LogP contribution in [0.4, 0.5) is 0 Å². The third-order valence-electron chi connectivity index (χ3n) is 4.16. The molecule has 0 aromatic heterocycles. The van der Waals surface area contributed by atoms with Gasteiger partial charge in [-0.1, -0.05) is 37.3 Å². The van der Waals surface area contributed by atoms with E-state index in [4.69, 9.17) is 0 Å². The summed E-state index contributed by atoms with van der Waals surface area (Å²) in [5, 5.41) is 9.56. The number of carbonyl (C=O) groups excluding carboxylic acids is 1. The van der Waals surface area contributed by atoms with Crippen LogP contribution in [0, 0.1) is 0 Å². The Hall–Kier alpha value is -1.40. The van der Waals surface area contributed by atoms with E-state index in [-0.39, 0.29) is 42.5 Å². The van der Waals surface area contributed by atoms with Gasteiger partial charge in [0.1, 0.15) is 0 Å². The van der Waals surface area contributed by atoms with E-state index < -0.39 is 9.84 Å². The van der Waals surface area contributed by atoms with Gasteiger partial charge in [-0.05, 0) is 18.4 Å². The van der Waals surface area contributed by atoms with Crippen molar-refractivity contribution in [1.29, 1.82) is 0 Å². The summed E-state index contributed by atoms with van der Waals surface area (Å²) in [6.07, 6.45) is 1.29. The second-order valence-corrected chi connectivity index (χ2v) is 7.99. The molecule has 0 aliphatic carbocycles. The largest absolute Gasteiger partial charge is 0.394 e. The monoisotopic (exact) mass is 325 g/mol. The second kappa shape index (κ2) is 7.24. The topological polar surface area (TPSA) is 74.7 Å². The molecule has 1 saturated heterocycles. The smallest absolute Gasteiger partial charge is 0.227 e. The molecule has 1 aliphatic rings. The normalized spacial score (nSPS) is 21.5. The number of rotatable bonds is 6. The van der Waals surface area contributed by atoms with E-state index >= 15 is 0 Å². The van der Waals surface area contributed by atoms with E-state index in [0.29, 0.717) is 12.8 Å². The number of sulfone groups is 1. The van der Waals surface area contributed by atoms with Gasteiger partial charge in [0.2, 0.25) is 5.91 Å². The van der Waals surface area contributed by atoms with Gasteiger partial charge >= 0.3 is 0 Å². The lowest BCUT2D eigenvalue weighted by Gasteiger charge is -2.35. The molecule has 2 atom stereocenters. The maximum atomic E-state index is 12.7. The van der Waals surface area contributed by atoms with Crippen molar-refractivity contribution in [3.05, 3.63) is 35.9 Å². The molecule has 1 N–H and O–H groups in total. The fraction of sp³-hybridized carbons (Fsp3) is 0.562. The van der Waals surface area contributed by atoms with Gasteiger partial charge in [-0.25, -0.2) is 8.42 Å². The molecule has 1 aromatic rings. The standard InChI is InChI=1S/C16H23NO4S/c1-2-14(11-18)17(15-8-9-22(20,21)12-15)16(19)10-13-6-4-3-5-7-13/h3-7,14-15,18H,2,8-12H2,1H3. The Morgan fingerprint density at radius 2 is 2.05 bits per heavy atom. The average Bonchev–Trinajstić information content (AvgIpc) is 2.85. The zero-order chi connectivity index (χ0) is 16.2. The molecular formula is C16H23NO4S. The van der Waals surface area contributed by atoms with E-state index in [0.717, 1.165) is 5.56 Å². The number of amides is 1. The maximum Gasteiger partial charge on any atom is 0.227 e. The molecule has 5 nitrogen and oxygen atoms in total. The number of hydrogen-bond donors (Lipinski definition) is 1. The van der Waals surface area contributed by atoms with Crippen LogP contribution in [0.1, 0.15) is 25.3 Å². The molecule has 2 rings (SSSR count). The van der Waals surface area contributed by atoms with Crippen LogP contribution in [-0.2, 0) is 21.1 Å². The molecule has 0 radical (unpaired) electrons. The Morgan fingerprint density at radius 1 is 1.36 bits per heavy atom. The van der Waals surface area contributed by atoms with Crippen molar-refractivity contribution in [2.24, 2.45) is 0 Å². The minimum atomic E-state index is -3.07. The first-order valence-corrected chi connectivity index (χ1v) is 9.45. The van der Waals surface area contributed by atoms with Crippen LogP contribution < -0.4 is 0 Å². The van der Waals surface area contributed by atoms with Gasteiger partial charge in [0.05, 0.1) is 30.6 Å². The SMILES string of the molecule is CCC(CO)N(C(=O)Cc1ccccc1)C1CCS(=O)(=O)C1. The van der Waals surface area contributed by atoms with Gasteiger partial charge in [0.25, 0.3) is 0 Å². The van der Waals surface area contributed by atoms with Gasteiger partial charge in [0, 0.05) is 6.04 Å². The molecular weight excluding hydrogens is 302 g/mol. The minimum Gasteiger partial charge on any atom is -0.394 e. The van der Waals surface area contributed by atoms with Crippen molar-refractivity contribution >= 4 is 15.7 Å². The van der Waals surface area contributed by atoms with Crippen LogP contribution in [0.2, 0.25) is 0 Å². The first-order chi connectivity index (χ1) is 10.5. The molecule has 6 heteroatoms. The van der Waals surface area contributed by atoms with Gasteiger partial charge < -0.3 is 10.0 Å². The Bertz CT molecular complexity index is 596. The van der Waals surface area contributed by atoms with Gasteiger partial charge in [-0.3, -0.25) is 4.79 Å². The highest BCUT2D eigenvalue weighted by Gasteiger charge is 2.37. The Labute approximate surface area is 131 Å². The highest BCUT2D eigenvalue weighted by molar-refractivity contribution is 7.91. The number of hydrogen-bond acceptors (Lipinski definition) is 4. The van der Waals surface area contributed by atoms with E-state index in [1.807, 2.05) is 37.3 Å². The molecule has 1 amide bonds. The molecule has 0 spiro atoms. The van der Waals surface area contributed by atoms with Crippen molar-refractivity contribution in [2.75, 3.05) is 18.1 Å². The molecule has 1 aliphatic heterocycles. The predicted molar refractivity (Wildman–Crippen MR) is 85.2 cm³/mol. The minimum absolute atomic E-state index is 0.00400. The summed E-state index contributed by atoms with van der Waals surface area (Å²) in [7, 11) is -3.07. The van der Waals surface area contributed by atoms with Gasteiger partial charge in [0.15, 0.2) is 9.84 Å². The van der Waals surface area contributed by atoms with Crippen LogP contribution in [0.5, 0.6) is 0 Å². The van der Waals surface area contributed by atoms with Crippen LogP contribution in [0.3, 0.4) is 0 Å². The fourth-order valence-electron chi connectivity index (χ4n) is 2.98. The predicted octanol–water partition coefficient (Wildman–Crippen LogP) is 1.02. The van der Waals surface area contributed by atoms with Crippen molar-refractivity contribution in [3.63, 3.8) is 0 Å². The summed E-state index contributed by atoms with van der Waals surface area (Å²) in [6, 6.07) is 8.74. The third-order valence-corrected chi connectivity index (χ3v) is 5.91. The summed E-state index contributed by atoms with van der Waals surface area (Å²) in [6.45, 7) is 1.75. The van der Waals surface area contributed by atoms with Gasteiger partial charge in [-0.15, -0.1) is 0 Å². The summed E-state index contributed by atoms with van der Waals surface area (Å²) >= 11 is 0. The van der Waals surface area contributed by atoms with E-state index in [1.165, 1.54) is 0 Å². The lowest BCUT2D eigenvalue weighted by atomic mass is 10.1. The zero-order valence-corrected chi connectivity index (χ0v) is 13.6. The summed E-state index contributed by atoms with van der Waals surface area (Å²) in [5.74, 6) is 0.00721. The van der Waals surface area contributed by atoms with E-state index in [9.17, 15) is 18.3 Å². The van der Waals surface area contributed by atoms with Crippen molar-refractivity contribution in [3.8, 4) is 0 Å². The molecule has 22 heavy (non-hydrogen) atoms. The number of aliphatic hydroxyl groups excluding tert-OH is 1. The number of nitrogens with zero attached hydrogens (tertiary/aromatic N) is 1. The molecule has 122 valence electrons. The first-order valence-electron chi connectivity index (χ1n) is 7.63. The highest BCUT2D eigenvalue weighted by atomic mass is 32.2. The fourth-order valence-corrected chi connectivity index (χ4v) is 4.69. The quantitative estimate of drug-likeness (QED) is 0.847. The zero-order valence-electron chi connectivity index (χ0n) is 12.8. The van der Waals surface area contributed by atoms with Crippen molar-refractivity contribution < 1.29 is 18.3 Å². The van der Waals surface area contributed by atoms with Crippen molar-refractivity contribution in [2.45, 2.75) is 38.3 Å². The number of aliphatic hydroxyl groups is 1. The van der Waals surface area contributed by atoms with Crippen molar-refractivity contribution in [1.82, 2.24) is 4.90 Å². The molecule has 1 fully saturated rings. The molecule has 1 aromatic carbocycles. The van der Waals surface area contributed by atoms with E-state index in [2.05, 4.69) is 0 Å². The van der Waals surface area contributed by atoms with Gasteiger partial charge in [-0.2, -0.15) is 0 Å². The summed E-state index contributed by atoms with van der Waals surface area (Å²) < 4.78 is 23.5. The lowest BCUT2D eigenvalue weighted by Crippen LogP contribution is -2.49. The average molecular weight is 325 g/mol. The molecule has 0 saturated carbocycles. The van der Waals surface area contributed by atoms with Crippen LogP contribution in [-0.4, -0.2) is 54.5 Å². The lowest BCUT2D eigenvalue weighted by molar-refractivity contribution is -0.136. The Balaban J connectivity index is 2.19. The maximum absolute atomic E-state index is 12.7. The summed E-state index contributed by atoms with van der Waals surface area (Å²) in [5.41, 5.74) is 0.895. The first kappa shape index (κ1) is 17.0. The highest BCUT2D eigenvalue weighted by Crippen LogP contribution is 2.22. The van der Waals surface area contributed by atoms with Crippen LogP contribution in [0.25, 0.3) is 0 Å². The Kier molecular flexibility index (Phi) is 5.58.